The van der Waals surface area contributed by atoms with Crippen molar-refractivity contribution in [2.75, 3.05) is 13.1 Å². The third-order valence-electron chi connectivity index (χ3n) is 1.75. The van der Waals surface area contributed by atoms with Crippen LogP contribution >= 0.6 is 35.3 Å². The third kappa shape index (κ3) is 5.64. The van der Waals surface area contributed by atoms with Gasteiger partial charge in [-0.1, -0.05) is 0 Å². The zero-order valence-electron chi connectivity index (χ0n) is 9.91. The Kier molecular flexibility index (Phi) is 8.54. The molecule has 0 spiro atoms. The van der Waals surface area contributed by atoms with Crippen molar-refractivity contribution in [1.82, 2.24) is 15.6 Å². The number of hydrogen-bond donors (Lipinski definition) is 2. The Morgan fingerprint density at radius 1 is 1.38 bits per heavy atom. The molecule has 0 fully saturated rings. The summed E-state index contributed by atoms with van der Waals surface area (Å²) in [6.45, 7) is 8.59. The summed E-state index contributed by atoms with van der Waals surface area (Å²) in [4.78, 5) is 9.84. The number of nitrogens with one attached hydrogen (secondary N) is 2. The molecule has 0 atom stereocenters. The molecule has 16 heavy (non-hydrogen) atoms. The van der Waals surface area contributed by atoms with Gasteiger partial charge in [0, 0.05) is 24.2 Å². The van der Waals surface area contributed by atoms with Crippen LogP contribution in [0, 0.1) is 6.92 Å². The van der Waals surface area contributed by atoms with Gasteiger partial charge in [-0.15, -0.1) is 35.3 Å². The summed E-state index contributed by atoms with van der Waals surface area (Å²) in [5.74, 6) is 0.867. The summed E-state index contributed by atoms with van der Waals surface area (Å²) < 4.78 is 0. The Morgan fingerprint density at radius 3 is 2.44 bits per heavy atom. The van der Waals surface area contributed by atoms with Crippen molar-refractivity contribution in [3.63, 3.8) is 0 Å². The van der Waals surface area contributed by atoms with Gasteiger partial charge in [0.1, 0.15) is 0 Å². The van der Waals surface area contributed by atoms with Gasteiger partial charge >= 0.3 is 0 Å². The molecular weight excluding hydrogens is 335 g/mol. The van der Waals surface area contributed by atoms with Crippen LogP contribution < -0.4 is 10.6 Å². The number of nitrogens with zero attached hydrogens (tertiary/aromatic N) is 2. The highest BCUT2D eigenvalue weighted by Crippen LogP contribution is 2.11. The summed E-state index contributed by atoms with van der Waals surface area (Å²) in [6.07, 6.45) is 1.89. The zero-order chi connectivity index (χ0) is 11.1. The van der Waals surface area contributed by atoms with Crippen LogP contribution in [0.4, 0.5) is 0 Å². The Hall–Kier alpha value is -0.370. The molecule has 0 radical (unpaired) electrons. The molecular formula is C10H19IN4S. The maximum absolute atomic E-state index is 4.45. The SMILES string of the molecule is CCNC(=NCc1cnc(C)s1)NCC.I. The molecule has 6 heteroatoms. The van der Waals surface area contributed by atoms with Crippen molar-refractivity contribution in [3.05, 3.63) is 16.1 Å². The van der Waals surface area contributed by atoms with Crippen LogP contribution in [0.15, 0.2) is 11.2 Å². The highest BCUT2D eigenvalue weighted by Gasteiger charge is 1.98. The second-order valence-corrected chi connectivity index (χ2v) is 4.39. The normalized spacial score (nSPS) is 9.19. The molecule has 0 bridgehead atoms. The highest BCUT2D eigenvalue weighted by atomic mass is 127. The standard InChI is InChI=1S/C10H18N4S.HI/c1-4-11-10(12-5-2)14-7-9-6-13-8(3)15-9;/h6H,4-5,7H2,1-3H3,(H2,11,12,14);1H. The van der Waals surface area contributed by atoms with Crippen LogP contribution in [0.1, 0.15) is 23.7 Å². The van der Waals surface area contributed by atoms with E-state index in [1.807, 2.05) is 13.1 Å². The van der Waals surface area contributed by atoms with Crippen LogP contribution in [-0.2, 0) is 6.54 Å². The number of aliphatic imine (C=N–C) groups is 1. The predicted octanol–water partition coefficient (Wildman–Crippen LogP) is 2.14. The first-order chi connectivity index (χ1) is 7.26. The van der Waals surface area contributed by atoms with Gasteiger partial charge in [-0.05, 0) is 20.8 Å². The number of aromatic nitrogens is 1. The molecule has 1 aromatic rings. The van der Waals surface area contributed by atoms with Crippen molar-refractivity contribution in [3.8, 4) is 0 Å². The van der Waals surface area contributed by atoms with E-state index in [0.717, 1.165) is 24.1 Å². The molecule has 0 unspecified atom stereocenters. The predicted molar refractivity (Wildman–Crippen MR) is 80.8 cm³/mol. The fraction of sp³-hybridized carbons (Fsp3) is 0.600. The van der Waals surface area contributed by atoms with Crippen LogP contribution in [0.5, 0.6) is 0 Å². The minimum absolute atomic E-state index is 0. The molecule has 1 rings (SSSR count). The average Bonchev–Trinajstić information content (AvgIpc) is 2.61. The van der Waals surface area contributed by atoms with Gasteiger partial charge in [-0.2, -0.15) is 0 Å². The average molecular weight is 354 g/mol. The number of hydrogen-bond acceptors (Lipinski definition) is 3. The minimum atomic E-state index is 0. The first-order valence-electron chi connectivity index (χ1n) is 5.19. The van der Waals surface area contributed by atoms with E-state index in [0.29, 0.717) is 6.54 Å². The van der Waals surface area contributed by atoms with E-state index in [-0.39, 0.29) is 24.0 Å². The second-order valence-electron chi connectivity index (χ2n) is 3.07. The van der Waals surface area contributed by atoms with Crippen LogP contribution in [0.25, 0.3) is 0 Å². The lowest BCUT2D eigenvalue weighted by molar-refractivity contribution is 0.841. The van der Waals surface area contributed by atoms with E-state index in [2.05, 4.69) is 34.5 Å². The number of thiazole rings is 1. The first kappa shape index (κ1) is 15.6. The molecule has 0 amide bonds. The van der Waals surface area contributed by atoms with Crippen molar-refractivity contribution < 1.29 is 0 Å². The molecule has 0 aliphatic heterocycles. The summed E-state index contributed by atoms with van der Waals surface area (Å²) in [5.41, 5.74) is 0. The smallest absolute Gasteiger partial charge is 0.191 e. The number of aryl methyl sites for hydroxylation is 1. The monoisotopic (exact) mass is 354 g/mol. The Labute approximate surface area is 118 Å². The summed E-state index contributed by atoms with van der Waals surface area (Å²) in [5, 5.41) is 7.46. The van der Waals surface area contributed by atoms with Crippen molar-refractivity contribution >= 4 is 41.3 Å². The van der Waals surface area contributed by atoms with Gasteiger partial charge in [0.15, 0.2) is 5.96 Å². The van der Waals surface area contributed by atoms with Crippen LogP contribution in [-0.4, -0.2) is 24.0 Å². The highest BCUT2D eigenvalue weighted by molar-refractivity contribution is 14.0. The Morgan fingerprint density at radius 2 is 2.00 bits per heavy atom. The number of halogens is 1. The summed E-state index contributed by atoms with van der Waals surface area (Å²) in [7, 11) is 0. The quantitative estimate of drug-likeness (QED) is 0.495. The molecule has 0 aliphatic rings. The van der Waals surface area contributed by atoms with Gasteiger partial charge in [0.05, 0.1) is 11.6 Å². The Balaban J connectivity index is 0.00000225. The first-order valence-corrected chi connectivity index (χ1v) is 6.01. The van der Waals surface area contributed by atoms with E-state index >= 15 is 0 Å². The lowest BCUT2D eigenvalue weighted by atomic mass is 10.5. The van der Waals surface area contributed by atoms with Gasteiger partial charge < -0.3 is 10.6 Å². The van der Waals surface area contributed by atoms with Gasteiger partial charge in [-0.25, -0.2) is 9.98 Å². The molecule has 1 heterocycles. The maximum Gasteiger partial charge on any atom is 0.191 e. The van der Waals surface area contributed by atoms with Crippen molar-refractivity contribution in [2.24, 2.45) is 4.99 Å². The van der Waals surface area contributed by atoms with Crippen LogP contribution in [0.2, 0.25) is 0 Å². The van der Waals surface area contributed by atoms with Gasteiger partial charge in [0.2, 0.25) is 0 Å². The summed E-state index contributed by atoms with van der Waals surface area (Å²) >= 11 is 1.69. The van der Waals surface area contributed by atoms with E-state index in [9.17, 15) is 0 Å². The lowest BCUT2D eigenvalue weighted by Crippen LogP contribution is -2.36. The molecule has 0 aromatic carbocycles. The molecule has 0 saturated heterocycles. The van der Waals surface area contributed by atoms with Crippen molar-refractivity contribution in [1.29, 1.82) is 0 Å². The minimum Gasteiger partial charge on any atom is -0.357 e. The molecule has 1 aromatic heterocycles. The number of rotatable bonds is 4. The van der Waals surface area contributed by atoms with Gasteiger partial charge in [0.25, 0.3) is 0 Å². The van der Waals surface area contributed by atoms with E-state index < -0.39 is 0 Å². The molecule has 4 nitrogen and oxygen atoms in total. The number of guanidine groups is 1. The molecule has 0 aliphatic carbocycles. The van der Waals surface area contributed by atoms with Gasteiger partial charge in [-0.3, -0.25) is 0 Å². The maximum atomic E-state index is 4.45. The third-order valence-corrected chi connectivity index (χ3v) is 2.65. The lowest BCUT2D eigenvalue weighted by Gasteiger charge is -2.08. The Bertz CT molecular complexity index is 316. The van der Waals surface area contributed by atoms with E-state index in [1.54, 1.807) is 11.3 Å². The van der Waals surface area contributed by atoms with E-state index in [1.165, 1.54) is 4.88 Å². The molecule has 2 N–H and O–H groups in total. The summed E-state index contributed by atoms with van der Waals surface area (Å²) in [6, 6.07) is 0. The topological polar surface area (TPSA) is 49.3 Å². The second kappa shape index (κ2) is 8.74. The zero-order valence-corrected chi connectivity index (χ0v) is 13.1. The fourth-order valence-electron chi connectivity index (χ4n) is 1.14. The largest absolute Gasteiger partial charge is 0.357 e. The molecule has 0 saturated carbocycles. The van der Waals surface area contributed by atoms with Crippen molar-refractivity contribution in [2.45, 2.75) is 27.3 Å². The fourth-order valence-corrected chi connectivity index (χ4v) is 1.86. The van der Waals surface area contributed by atoms with Crippen LogP contribution in [0.3, 0.4) is 0 Å². The molecule has 92 valence electrons. The van der Waals surface area contributed by atoms with E-state index in [4.69, 9.17) is 0 Å².